The molecule has 4 rings (SSSR count). The lowest BCUT2D eigenvalue weighted by Gasteiger charge is -2.24. The molecule has 3 aliphatic rings. The van der Waals surface area contributed by atoms with Gasteiger partial charge >= 0.3 is 0 Å². The minimum atomic E-state index is -0.160. The number of carbonyl (C=O) groups is 3. The van der Waals surface area contributed by atoms with Gasteiger partial charge in [0.15, 0.2) is 5.17 Å². The quantitative estimate of drug-likeness (QED) is 0.692. The van der Waals surface area contributed by atoms with E-state index in [0.29, 0.717) is 5.17 Å². The zero-order valence-electron chi connectivity index (χ0n) is 16.8. The minimum absolute atomic E-state index is 0.0630. The number of likely N-dealkylation sites (tertiary alicyclic amines) is 1. The van der Waals surface area contributed by atoms with Gasteiger partial charge in [-0.05, 0) is 31.4 Å². The fourth-order valence-electron chi connectivity index (χ4n) is 4.56. The molecule has 3 amide bonds. The molecule has 2 saturated heterocycles. The molecule has 1 saturated carbocycles. The fourth-order valence-corrected chi connectivity index (χ4v) is 5.85. The average Bonchev–Trinajstić information content (AvgIpc) is 3.26. The van der Waals surface area contributed by atoms with Crippen LogP contribution in [0.2, 0.25) is 0 Å². The zero-order valence-corrected chi connectivity index (χ0v) is 17.6. The van der Waals surface area contributed by atoms with Crippen molar-refractivity contribution in [2.75, 3.05) is 12.3 Å². The van der Waals surface area contributed by atoms with Gasteiger partial charge in [-0.15, -0.1) is 0 Å². The van der Waals surface area contributed by atoms with Crippen LogP contribution < -0.4 is 0 Å². The Hall–Kier alpha value is -2.15. The van der Waals surface area contributed by atoms with Crippen molar-refractivity contribution in [2.45, 2.75) is 51.5 Å². The largest absolute Gasteiger partial charge is 0.287 e. The van der Waals surface area contributed by atoms with Crippen molar-refractivity contribution in [1.82, 2.24) is 9.80 Å². The molecule has 2 aliphatic heterocycles. The van der Waals surface area contributed by atoms with Crippen LogP contribution in [0.15, 0.2) is 35.3 Å². The van der Waals surface area contributed by atoms with Gasteiger partial charge in [-0.1, -0.05) is 49.7 Å². The summed E-state index contributed by atoms with van der Waals surface area (Å²) in [4.78, 5) is 46.2. The third-order valence-electron chi connectivity index (χ3n) is 6.18. The molecule has 0 spiro atoms. The summed E-state index contributed by atoms with van der Waals surface area (Å²) in [5, 5.41) is 0.709. The molecule has 0 aromatic heterocycles. The highest BCUT2D eigenvalue weighted by molar-refractivity contribution is 8.14. The topological polar surface area (TPSA) is 70.1 Å². The van der Waals surface area contributed by atoms with Gasteiger partial charge in [0, 0.05) is 24.8 Å². The molecule has 0 radical (unpaired) electrons. The highest BCUT2D eigenvalue weighted by Gasteiger charge is 2.48. The van der Waals surface area contributed by atoms with Crippen LogP contribution in [-0.4, -0.2) is 51.0 Å². The second-order valence-corrected chi connectivity index (χ2v) is 8.93. The Morgan fingerprint density at radius 1 is 1.10 bits per heavy atom. The van der Waals surface area contributed by atoms with Crippen LogP contribution >= 0.6 is 11.8 Å². The van der Waals surface area contributed by atoms with Crippen molar-refractivity contribution in [3.8, 4) is 0 Å². The van der Waals surface area contributed by atoms with Crippen molar-refractivity contribution in [1.29, 1.82) is 0 Å². The Morgan fingerprint density at radius 2 is 1.76 bits per heavy atom. The van der Waals surface area contributed by atoms with Crippen LogP contribution in [-0.2, 0) is 14.4 Å². The van der Waals surface area contributed by atoms with E-state index < -0.39 is 0 Å². The Morgan fingerprint density at radius 3 is 2.38 bits per heavy atom. The lowest BCUT2D eigenvalue weighted by Crippen LogP contribution is -2.41. The maximum Gasteiger partial charge on any atom is 0.233 e. The Labute approximate surface area is 175 Å². The monoisotopic (exact) mass is 413 g/mol. The maximum atomic E-state index is 13.1. The number of para-hydroxylation sites is 1. The van der Waals surface area contributed by atoms with E-state index in [-0.39, 0.29) is 48.6 Å². The van der Waals surface area contributed by atoms with Gasteiger partial charge in [-0.2, -0.15) is 0 Å². The molecule has 3 atom stereocenters. The van der Waals surface area contributed by atoms with Crippen molar-refractivity contribution in [3.63, 3.8) is 0 Å². The molecule has 0 unspecified atom stereocenters. The third kappa shape index (κ3) is 3.97. The number of hydrogen-bond acceptors (Lipinski definition) is 5. The van der Waals surface area contributed by atoms with Gasteiger partial charge in [-0.3, -0.25) is 24.2 Å². The molecule has 3 fully saturated rings. The molecule has 0 N–H and O–H groups in total. The van der Waals surface area contributed by atoms with Crippen LogP contribution in [0.3, 0.4) is 0 Å². The van der Waals surface area contributed by atoms with Crippen molar-refractivity contribution in [2.24, 2.45) is 16.8 Å². The molecule has 1 aromatic rings. The number of imide groups is 1. The summed E-state index contributed by atoms with van der Waals surface area (Å²) in [5.41, 5.74) is 0.818. The summed E-state index contributed by atoms with van der Waals surface area (Å²) in [6.45, 7) is 2.24. The Kier molecular flexibility index (Phi) is 6.04. The van der Waals surface area contributed by atoms with Crippen LogP contribution in [0.1, 0.15) is 45.4 Å². The first-order chi connectivity index (χ1) is 14.1. The molecule has 1 aliphatic carbocycles. The van der Waals surface area contributed by atoms with Crippen LogP contribution in [0.25, 0.3) is 0 Å². The average molecular weight is 414 g/mol. The third-order valence-corrected chi connectivity index (χ3v) is 7.28. The summed E-state index contributed by atoms with van der Waals surface area (Å²) in [6, 6.07) is 9.71. The Bertz CT molecular complexity index is 802. The number of nitrogens with zero attached hydrogens (tertiary/aromatic N) is 3. The standard InChI is InChI=1S/C22H27N3O3S/c1-2-16-14-29-22(23-15-8-4-3-5-9-15)25(16)19(26)12-13-24-20(27)17-10-6-7-11-18(17)21(24)28/h3-5,8-9,16-18H,2,6-7,10-14H2,1H3/t16-,17-,18-/m0/s1. The van der Waals surface area contributed by atoms with Gasteiger partial charge in [0.2, 0.25) is 17.7 Å². The first-order valence-corrected chi connectivity index (χ1v) is 11.5. The van der Waals surface area contributed by atoms with E-state index in [1.165, 1.54) is 4.90 Å². The first kappa shape index (κ1) is 20.1. The number of amides is 3. The number of thioether (sulfide) groups is 1. The van der Waals surface area contributed by atoms with E-state index >= 15 is 0 Å². The van der Waals surface area contributed by atoms with Crippen molar-refractivity contribution in [3.05, 3.63) is 30.3 Å². The normalized spacial score (nSPS) is 28.3. The van der Waals surface area contributed by atoms with E-state index in [0.717, 1.165) is 43.5 Å². The van der Waals surface area contributed by atoms with Gasteiger partial charge < -0.3 is 0 Å². The summed E-state index contributed by atoms with van der Waals surface area (Å²) >= 11 is 1.59. The predicted octanol–water partition coefficient (Wildman–Crippen LogP) is 3.59. The number of aliphatic imine (C=N–C) groups is 1. The highest BCUT2D eigenvalue weighted by atomic mass is 32.2. The lowest BCUT2D eigenvalue weighted by molar-refractivity contribution is -0.140. The van der Waals surface area contributed by atoms with E-state index in [9.17, 15) is 14.4 Å². The molecule has 2 heterocycles. The molecule has 29 heavy (non-hydrogen) atoms. The Balaban J connectivity index is 1.45. The highest BCUT2D eigenvalue weighted by Crippen LogP contribution is 2.38. The van der Waals surface area contributed by atoms with E-state index in [1.807, 2.05) is 30.3 Å². The van der Waals surface area contributed by atoms with Gasteiger partial charge in [0.1, 0.15) is 0 Å². The molecule has 0 bridgehead atoms. The fraction of sp³-hybridized carbons (Fsp3) is 0.545. The number of fused-ring (bicyclic) bond motifs is 1. The molecular weight excluding hydrogens is 386 g/mol. The van der Waals surface area contributed by atoms with Crippen molar-refractivity contribution >= 4 is 40.3 Å². The van der Waals surface area contributed by atoms with Gasteiger partial charge in [0.05, 0.1) is 17.5 Å². The number of carbonyl (C=O) groups excluding carboxylic acids is 3. The van der Waals surface area contributed by atoms with Gasteiger partial charge in [-0.25, -0.2) is 4.99 Å². The second-order valence-electron chi connectivity index (χ2n) is 7.94. The molecule has 154 valence electrons. The zero-order chi connectivity index (χ0) is 20.4. The maximum absolute atomic E-state index is 13.1. The number of benzene rings is 1. The van der Waals surface area contributed by atoms with Crippen LogP contribution in [0, 0.1) is 11.8 Å². The van der Waals surface area contributed by atoms with Crippen LogP contribution in [0.4, 0.5) is 5.69 Å². The van der Waals surface area contributed by atoms with Crippen LogP contribution in [0.5, 0.6) is 0 Å². The number of rotatable bonds is 5. The first-order valence-electron chi connectivity index (χ1n) is 10.5. The SMILES string of the molecule is CC[C@H]1CSC(=Nc2ccccc2)N1C(=O)CCN1C(=O)[C@H]2CCCC[C@@H]2C1=O. The number of amidine groups is 1. The number of hydrogen-bond donors (Lipinski definition) is 0. The molecule has 1 aromatic carbocycles. The molecule has 6 nitrogen and oxygen atoms in total. The van der Waals surface area contributed by atoms with E-state index in [1.54, 1.807) is 16.7 Å². The smallest absolute Gasteiger partial charge is 0.233 e. The van der Waals surface area contributed by atoms with E-state index in [4.69, 9.17) is 0 Å². The van der Waals surface area contributed by atoms with Crippen molar-refractivity contribution < 1.29 is 14.4 Å². The minimum Gasteiger partial charge on any atom is -0.287 e. The molecular formula is C22H27N3O3S. The lowest BCUT2D eigenvalue weighted by atomic mass is 9.81. The van der Waals surface area contributed by atoms with Gasteiger partial charge in [0.25, 0.3) is 0 Å². The summed E-state index contributed by atoms with van der Waals surface area (Å²) in [7, 11) is 0. The summed E-state index contributed by atoms with van der Waals surface area (Å²) in [6.07, 6.45) is 4.62. The second kappa shape index (κ2) is 8.69. The summed E-state index contributed by atoms with van der Waals surface area (Å²) in [5.74, 6) is 0.285. The predicted molar refractivity (Wildman–Crippen MR) is 114 cm³/mol. The molecule has 7 heteroatoms. The van der Waals surface area contributed by atoms with E-state index in [2.05, 4.69) is 11.9 Å². The summed E-state index contributed by atoms with van der Waals surface area (Å²) < 4.78 is 0.